The normalized spacial score (nSPS) is 19.7. The van der Waals surface area contributed by atoms with Crippen molar-refractivity contribution < 1.29 is 13.6 Å². The molecule has 1 atom stereocenters. The van der Waals surface area contributed by atoms with Crippen LogP contribution in [0, 0.1) is 0 Å². The summed E-state index contributed by atoms with van der Waals surface area (Å²) >= 11 is 3.35. The number of carbonyl (C=O) groups excluding carboxylic acids is 1. The average molecular weight is 386 g/mol. The molecule has 6 nitrogen and oxygen atoms in total. The summed E-state index contributed by atoms with van der Waals surface area (Å²) in [6.07, 6.45) is -0.487. The number of amides is 1. The van der Waals surface area contributed by atoms with E-state index in [-0.39, 0.29) is 6.54 Å². The fourth-order valence-corrected chi connectivity index (χ4v) is 2.56. The molecule has 2 heterocycles. The van der Waals surface area contributed by atoms with Gasteiger partial charge in [-0.15, -0.1) is 0 Å². The maximum Gasteiger partial charge on any atom is 0.262 e. The Bertz CT molecular complexity index is 703. The molecule has 0 bridgehead atoms. The Hall–Kier alpha value is -1.87. The zero-order valence-electron chi connectivity index (χ0n) is 11.9. The van der Waals surface area contributed by atoms with E-state index in [1.807, 2.05) is 24.3 Å². The lowest BCUT2D eigenvalue weighted by Gasteiger charge is -2.09. The third-order valence-electron chi connectivity index (χ3n) is 3.49. The van der Waals surface area contributed by atoms with Crippen LogP contribution in [0.4, 0.5) is 8.78 Å². The van der Waals surface area contributed by atoms with Gasteiger partial charge in [0, 0.05) is 16.5 Å². The van der Waals surface area contributed by atoms with Crippen LogP contribution >= 0.6 is 15.9 Å². The Morgan fingerprint density at radius 1 is 1.39 bits per heavy atom. The molecule has 1 aromatic carbocycles. The summed E-state index contributed by atoms with van der Waals surface area (Å²) in [7, 11) is 0. The Labute approximate surface area is 139 Å². The van der Waals surface area contributed by atoms with E-state index in [1.165, 1.54) is 0 Å². The molecule has 1 unspecified atom stereocenters. The Balaban J connectivity index is 1.57. The molecular formula is C14H14BrF2N5O. The van der Waals surface area contributed by atoms with Crippen molar-refractivity contribution in [1.29, 1.82) is 0 Å². The molecule has 0 radical (unpaired) electrons. The van der Waals surface area contributed by atoms with Crippen LogP contribution in [0.2, 0.25) is 0 Å². The Kier molecular flexibility index (Phi) is 4.40. The highest BCUT2D eigenvalue weighted by Crippen LogP contribution is 2.25. The molecular weight excluding hydrogens is 372 g/mol. The summed E-state index contributed by atoms with van der Waals surface area (Å²) in [4.78, 5) is 16.1. The molecule has 1 aliphatic rings. The maximum absolute atomic E-state index is 13.1. The van der Waals surface area contributed by atoms with Crippen molar-refractivity contribution in [1.82, 2.24) is 25.8 Å². The number of H-pyrrole nitrogens is 1. The van der Waals surface area contributed by atoms with Gasteiger partial charge in [-0.25, -0.2) is 13.8 Å². The first-order valence-corrected chi connectivity index (χ1v) is 7.78. The van der Waals surface area contributed by atoms with Crippen LogP contribution in [0.5, 0.6) is 0 Å². The van der Waals surface area contributed by atoms with Gasteiger partial charge < -0.3 is 5.32 Å². The Morgan fingerprint density at radius 2 is 2.13 bits per heavy atom. The molecule has 1 saturated heterocycles. The Morgan fingerprint density at radius 3 is 2.78 bits per heavy atom. The lowest BCUT2D eigenvalue weighted by Crippen LogP contribution is -2.40. The van der Waals surface area contributed by atoms with E-state index in [1.54, 1.807) is 0 Å². The minimum Gasteiger partial charge on any atom is -0.347 e. The molecule has 1 aliphatic heterocycles. The van der Waals surface area contributed by atoms with Gasteiger partial charge in [-0.2, -0.15) is 5.10 Å². The SMILES string of the molecule is O=C(NCc1nc(-c2ccc(Br)cc2)n[nH]1)C1CC(F)(F)CN1. The molecule has 1 fully saturated rings. The highest BCUT2D eigenvalue weighted by Gasteiger charge is 2.42. The number of hydrogen-bond donors (Lipinski definition) is 3. The van der Waals surface area contributed by atoms with Crippen molar-refractivity contribution in [2.45, 2.75) is 24.9 Å². The van der Waals surface area contributed by atoms with Crippen molar-refractivity contribution in [2.24, 2.45) is 0 Å². The number of aromatic nitrogens is 3. The number of alkyl halides is 2. The monoisotopic (exact) mass is 385 g/mol. The van der Waals surface area contributed by atoms with Crippen molar-refractivity contribution in [2.75, 3.05) is 6.54 Å². The van der Waals surface area contributed by atoms with E-state index < -0.39 is 30.8 Å². The quantitative estimate of drug-likeness (QED) is 0.749. The second-order valence-corrected chi connectivity index (χ2v) is 6.24. The number of rotatable bonds is 4. The molecule has 1 amide bonds. The molecule has 0 spiro atoms. The molecule has 0 saturated carbocycles. The van der Waals surface area contributed by atoms with Gasteiger partial charge in [-0.1, -0.05) is 28.1 Å². The second kappa shape index (κ2) is 6.32. The summed E-state index contributed by atoms with van der Waals surface area (Å²) in [5.74, 6) is -2.33. The predicted molar refractivity (Wildman–Crippen MR) is 82.7 cm³/mol. The van der Waals surface area contributed by atoms with Crippen LogP contribution in [-0.4, -0.2) is 39.6 Å². The summed E-state index contributed by atoms with van der Waals surface area (Å²) < 4.78 is 27.1. The number of nitrogens with zero attached hydrogens (tertiary/aromatic N) is 2. The number of nitrogens with one attached hydrogen (secondary N) is 3. The first kappa shape index (κ1) is 16.0. The molecule has 1 aromatic heterocycles. The second-order valence-electron chi connectivity index (χ2n) is 5.32. The maximum atomic E-state index is 13.1. The van der Waals surface area contributed by atoms with Crippen LogP contribution in [0.25, 0.3) is 11.4 Å². The van der Waals surface area contributed by atoms with Crippen molar-refractivity contribution >= 4 is 21.8 Å². The summed E-state index contributed by atoms with van der Waals surface area (Å²) in [6.45, 7) is -0.368. The minimum atomic E-state index is -2.83. The van der Waals surface area contributed by atoms with Crippen LogP contribution in [0.3, 0.4) is 0 Å². The van der Waals surface area contributed by atoms with Crippen LogP contribution in [0.1, 0.15) is 12.2 Å². The van der Waals surface area contributed by atoms with E-state index in [9.17, 15) is 13.6 Å². The number of benzene rings is 1. The largest absolute Gasteiger partial charge is 0.347 e. The summed E-state index contributed by atoms with van der Waals surface area (Å²) in [5.41, 5.74) is 0.833. The van der Waals surface area contributed by atoms with Gasteiger partial charge in [0.05, 0.1) is 19.1 Å². The number of hydrogen-bond acceptors (Lipinski definition) is 4. The fraction of sp³-hybridized carbons (Fsp3) is 0.357. The van der Waals surface area contributed by atoms with Gasteiger partial charge in [0.25, 0.3) is 5.92 Å². The number of aromatic amines is 1. The van der Waals surface area contributed by atoms with E-state index in [4.69, 9.17) is 0 Å². The van der Waals surface area contributed by atoms with E-state index in [0.717, 1.165) is 10.0 Å². The average Bonchev–Trinajstić information content (AvgIpc) is 3.12. The number of halogens is 3. The van der Waals surface area contributed by atoms with Crippen LogP contribution in [-0.2, 0) is 11.3 Å². The molecule has 3 rings (SSSR count). The van der Waals surface area contributed by atoms with Gasteiger partial charge in [0.2, 0.25) is 5.91 Å². The summed E-state index contributed by atoms with van der Waals surface area (Å²) in [6, 6.07) is 6.59. The third kappa shape index (κ3) is 3.91. The van der Waals surface area contributed by atoms with Crippen LogP contribution in [0.15, 0.2) is 28.7 Å². The lowest BCUT2D eigenvalue weighted by atomic mass is 10.2. The van der Waals surface area contributed by atoms with E-state index in [2.05, 4.69) is 41.7 Å². The standard InChI is InChI=1S/C14H14BrF2N5O/c15-9-3-1-8(2-4-9)12-20-11(21-22-12)6-18-13(23)10-5-14(16,17)7-19-10/h1-4,10,19H,5-7H2,(H,18,23)(H,20,21,22). The number of carbonyl (C=O) groups is 1. The lowest BCUT2D eigenvalue weighted by molar-refractivity contribution is -0.123. The van der Waals surface area contributed by atoms with Gasteiger partial charge in [0.15, 0.2) is 5.82 Å². The molecule has 23 heavy (non-hydrogen) atoms. The highest BCUT2D eigenvalue weighted by molar-refractivity contribution is 9.10. The highest BCUT2D eigenvalue weighted by atomic mass is 79.9. The topological polar surface area (TPSA) is 82.7 Å². The van der Waals surface area contributed by atoms with Gasteiger partial charge in [-0.05, 0) is 12.1 Å². The van der Waals surface area contributed by atoms with Gasteiger partial charge in [-0.3, -0.25) is 15.2 Å². The van der Waals surface area contributed by atoms with Crippen molar-refractivity contribution in [3.8, 4) is 11.4 Å². The summed E-state index contributed by atoms with van der Waals surface area (Å²) in [5, 5.41) is 11.9. The molecule has 0 aliphatic carbocycles. The zero-order valence-corrected chi connectivity index (χ0v) is 13.5. The first-order chi connectivity index (χ1) is 10.9. The molecule has 9 heteroatoms. The zero-order chi connectivity index (χ0) is 16.4. The van der Waals surface area contributed by atoms with Crippen molar-refractivity contribution in [3.05, 3.63) is 34.6 Å². The first-order valence-electron chi connectivity index (χ1n) is 6.99. The van der Waals surface area contributed by atoms with Crippen molar-refractivity contribution in [3.63, 3.8) is 0 Å². The minimum absolute atomic E-state index is 0.103. The van der Waals surface area contributed by atoms with E-state index >= 15 is 0 Å². The fourth-order valence-electron chi connectivity index (χ4n) is 2.30. The van der Waals surface area contributed by atoms with Crippen LogP contribution < -0.4 is 10.6 Å². The molecule has 2 aromatic rings. The van der Waals surface area contributed by atoms with Gasteiger partial charge >= 0.3 is 0 Å². The van der Waals surface area contributed by atoms with Gasteiger partial charge in [0.1, 0.15) is 5.82 Å². The molecule has 3 N–H and O–H groups in total. The predicted octanol–water partition coefficient (Wildman–Crippen LogP) is 1.85. The smallest absolute Gasteiger partial charge is 0.262 e. The van der Waals surface area contributed by atoms with E-state index in [0.29, 0.717) is 11.6 Å². The third-order valence-corrected chi connectivity index (χ3v) is 4.02. The molecule has 122 valence electrons.